The summed E-state index contributed by atoms with van der Waals surface area (Å²) in [5.74, 6) is 2.79. The molecule has 0 atom stereocenters. The van der Waals surface area contributed by atoms with E-state index in [1.165, 1.54) is 19.3 Å². The molecule has 2 rings (SSSR count). The van der Waals surface area contributed by atoms with Crippen LogP contribution in [0.1, 0.15) is 64.6 Å². The number of nitrogens with zero attached hydrogens (tertiary/aromatic N) is 2. The van der Waals surface area contributed by atoms with E-state index in [2.05, 4.69) is 30.9 Å². The summed E-state index contributed by atoms with van der Waals surface area (Å²) in [5, 5.41) is 4.10. The van der Waals surface area contributed by atoms with Crippen LogP contribution in [0.15, 0.2) is 4.52 Å². The molecule has 0 unspecified atom stereocenters. The minimum absolute atomic E-state index is 0.357. The number of hydrogen-bond donors (Lipinski definition) is 1. The zero-order chi connectivity index (χ0) is 13.2. The molecule has 4 nitrogen and oxygen atoms in total. The minimum Gasteiger partial charge on any atom is -0.339 e. The van der Waals surface area contributed by atoms with Crippen molar-refractivity contribution in [2.45, 2.75) is 64.8 Å². The first-order chi connectivity index (χ1) is 8.53. The molecule has 1 aliphatic rings. The molecule has 1 aromatic rings. The van der Waals surface area contributed by atoms with E-state index in [0.29, 0.717) is 11.7 Å². The van der Waals surface area contributed by atoms with Crippen LogP contribution in [0, 0.1) is 11.8 Å². The van der Waals surface area contributed by atoms with E-state index in [1.54, 1.807) is 0 Å². The summed E-state index contributed by atoms with van der Waals surface area (Å²) in [4.78, 5) is 4.49. The molecule has 2 N–H and O–H groups in total. The molecule has 1 heterocycles. The van der Waals surface area contributed by atoms with Crippen molar-refractivity contribution in [2.75, 3.05) is 0 Å². The van der Waals surface area contributed by atoms with Gasteiger partial charge in [0.2, 0.25) is 5.89 Å². The van der Waals surface area contributed by atoms with Crippen LogP contribution in [0.2, 0.25) is 0 Å². The molecule has 0 radical (unpaired) electrons. The van der Waals surface area contributed by atoms with Gasteiger partial charge in [-0.1, -0.05) is 32.3 Å². The summed E-state index contributed by atoms with van der Waals surface area (Å²) in [6, 6.07) is 0. The normalized spacial score (nSPS) is 28.8. The third-order valence-corrected chi connectivity index (χ3v) is 4.07. The topological polar surface area (TPSA) is 64.9 Å². The average Bonchev–Trinajstić information content (AvgIpc) is 2.78. The highest BCUT2D eigenvalue weighted by atomic mass is 16.5. The van der Waals surface area contributed by atoms with Gasteiger partial charge in [0.1, 0.15) is 0 Å². The number of nitrogens with two attached hydrogens (primary N) is 1. The monoisotopic (exact) mass is 251 g/mol. The lowest BCUT2D eigenvalue weighted by atomic mass is 9.76. The molecule has 0 bridgehead atoms. The molecule has 0 aliphatic heterocycles. The number of rotatable bonds is 4. The molecule has 18 heavy (non-hydrogen) atoms. The second-order valence-electron chi connectivity index (χ2n) is 6.12. The van der Waals surface area contributed by atoms with Gasteiger partial charge in [0, 0.05) is 6.42 Å². The maximum atomic E-state index is 6.46. The predicted octanol–water partition coefficient (Wildman–Crippen LogP) is 3.02. The summed E-state index contributed by atoms with van der Waals surface area (Å²) < 4.78 is 5.31. The van der Waals surface area contributed by atoms with E-state index in [-0.39, 0.29) is 5.54 Å². The van der Waals surface area contributed by atoms with Crippen LogP contribution < -0.4 is 5.73 Å². The van der Waals surface area contributed by atoms with E-state index in [1.807, 2.05) is 0 Å². The van der Waals surface area contributed by atoms with Crippen molar-refractivity contribution in [3.05, 3.63) is 11.7 Å². The minimum atomic E-state index is -0.357. The van der Waals surface area contributed by atoms with E-state index >= 15 is 0 Å². The Morgan fingerprint density at radius 2 is 2.06 bits per heavy atom. The fourth-order valence-corrected chi connectivity index (χ4v) is 2.71. The second-order valence-corrected chi connectivity index (χ2v) is 6.12. The van der Waals surface area contributed by atoms with E-state index in [4.69, 9.17) is 10.3 Å². The van der Waals surface area contributed by atoms with Gasteiger partial charge in [0.25, 0.3) is 0 Å². The molecule has 102 valence electrons. The summed E-state index contributed by atoms with van der Waals surface area (Å²) in [6.07, 6.45) is 6.40. The summed E-state index contributed by atoms with van der Waals surface area (Å²) in [5.41, 5.74) is 6.10. The highest BCUT2D eigenvalue weighted by molar-refractivity contribution is 5.06. The van der Waals surface area contributed by atoms with Gasteiger partial charge in [0.05, 0.1) is 5.54 Å². The van der Waals surface area contributed by atoms with Crippen LogP contribution in [0.5, 0.6) is 0 Å². The van der Waals surface area contributed by atoms with Crippen molar-refractivity contribution in [2.24, 2.45) is 17.6 Å². The van der Waals surface area contributed by atoms with Crippen molar-refractivity contribution in [3.63, 3.8) is 0 Å². The van der Waals surface area contributed by atoms with Gasteiger partial charge in [-0.15, -0.1) is 0 Å². The lowest BCUT2D eigenvalue weighted by molar-refractivity contribution is 0.216. The lowest BCUT2D eigenvalue weighted by Crippen LogP contribution is -2.41. The summed E-state index contributed by atoms with van der Waals surface area (Å²) in [6.45, 7) is 6.55. The van der Waals surface area contributed by atoms with Crippen LogP contribution >= 0.6 is 0 Å². The molecule has 0 amide bonds. The smallest absolute Gasteiger partial charge is 0.226 e. The maximum Gasteiger partial charge on any atom is 0.226 e. The molecule has 0 spiro atoms. The maximum absolute atomic E-state index is 6.46. The highest BCUT2D eigenvalue weighted by Crippen LogP contribution is 2.37. The Morgan fingerprint density at radius 3 is 2.61 bits per heavy atom. The average molecular weight is 251 g/mol. The fourth-order valence-electron chi connectivity index (χ4n) is 2.71. The lowest BCUT2D eigenvalue weighted by Gasteiger charge is -2.34. The molecular weight excluding hydrogens is 226 g/mol. The van der Waals surface area contributed by atoms with Gasteiger partial charge in [-0.3, -0.25) is 0 Å². The predicted molar refractivity (Wildman–Crippen MR) is 71.0 cm³/mol. The molecule has 4 heteroatoms. The zero-order valence-electron chi connectivity index (χ0n) is 11.8. The Hall–Kier alpha value is -0.900. The summed E-state index contributed by atoms with van der Waals surface area (Å²) >= 11 is 0. The molecule has 1 aromatic heterocycles. The second kappa shape index (κ2) is 5.39. The molecule has 1 saturated carbocycles. The van der Waals surface area contributed by atoms with Crippen LogP contribution in [0.3, 0.4) is 0 Å². The third kappa shape index (κ3) is 2.91. The Labute approximate surface area is 109 Å². The van der Waals surface area contributed by atoms with Crippen LogP contribution in [-0.4, -0.2) is 10.1 Å². The van der Waals surface area contributed by atoms with Crippen LogP contribution in [-0.2, 0) is 12.0 Å². The van der Waals surface area contributed by atoms with Crippen molar-refractivity contribution < 1.29 is 4.52 Å². The Kier molecular flexibility index (Phi) is 4.05. The van der Waals surface area contributed by atoms with E-state index < -0.39 is 0 Å². The highest BCUT2D eigenvalue weighted by Gasteiger charge is 2.36. The van der Waals surface area contributed by atoms with Crippen molar-refractivity contribution in [1.29, 1.82) is 0 Å². The first-order valence-corrected chi connectivity index (χ1v) is 7.15. The van der Waals surface area contributed by atoms with Crippen LogP contribution in [0.4, 0.5) is 0 Å². The Morgan fingerprint density at radius 1 is 1.39 bits per heavy atom. The summed E-state index contributed by atoms with van der Waals surface area (Å²) in [7, 11) is 0. The van der Waals surface area contributed by atoms with Gasteiger partial charge in [0.15, 0.2) is 5.82 Å². The first-order valence-electron chi connectivity index (χ1n) is 7.15. The van der Waals surface area contributed by atoms with Crippen molar-refractivity contribution in [3.8, 4) is 0 Å². The van der Waals surface area contributed by atoms with Gasteiger partial charge in [-0.2, -0.15) is 4.98 Å². The molecule has 1 aliphatic carbocycles. The van der Waals surface area contributed by atoms with Gasteiger partial charge in [-0.25, -0.2) is 0 Å². The van der Waals surface area contributed by atoms with Crippen LogP contribution in [0.25, 0.3) is 0 Å². The molecule has 1 fully saturated rings. The zero-order valence-corrected chi connectivity index (χ0v) is 11.8. The number of hydrogen-bond acceptors (Lipinski definition) is 4. The van der Waals surface area contributed by atoms with Crippen molar-refractivity contribution in [1.82, 2.24) is 10.1 Å². The third-order valence-electron chi connectivity index (χ3n) is 4.07. The standard InChI is InChI=1S/C14H25N3O/c1-4-11-5-7-14(15,8-6-11)13-16-12(18-17-13)9-10(2)3/h10-11H,4-9,15H2,1-3H3. The van der Waals surface area contributed by atoms with E-state index in [0.717, 1.165) is 31.1 Å². The first kappa shape index (κ1) is 13.5. The molecular formula is C14H25N3O. The molecule has 0 saturated heterocycles. The van der Waals surface area contributed by atoms with Gasteiger partial charge >= 0.3 is 0 Å². The van der Waals surface area contributed by atoms with Gasteiger partial charge in [-0.05, 0) is 37.5 Å². The Bertz CT molecular complexity index is 378. The van der Waals surface area contributed by atoms with Gasteiger partial charge < -0.3 is 10.3 Å². The SMILES string of the molecule is CCC1CCC(N)(c2noc(CC(C)C)n2)CC1. The van der Waals surface area contributed by atoms with E-state index in [9.17, 15) is 0 Å². The van der Waals surface area contributed by atoms with Crippen molar-refractivity contribution >= 4 is 0 Å². The Balaban J connectivity index is 2.04. The number of aromatic nitrogens is 2. The quantitative estimate of drug-likeness (QED) is 0.893. The fraction of sp³-hybridized carbons (Fsp3) is 0.857. The largest absolute Gasteiger partial charge is 0.339 e. The molecule has 0 aromatic carbocycles.